The summed E-state index contributed by atoms with van der Waals surface area (Å²) >= 11 is 0. The lowest BCUT2D eigenvalue weighted by molar-refractivity contribution is 0.100. The molecule has 1 aromatic rings. The van der Waals surface area contributed by atoms with Gasteiger partial charge >= 0.3 is 0 Å². The van der Waals surface area contributed by atoms with Crippen LogP contribution in [0.2, 0.25) is 0 Å². The van der Waals surface area contributed by atoms with E-state index in [1.807, 2.05) is 0 Å². The van der Waals surface area contributed by atoms with Crippen molar-refractivity contribution < 1.29 is 13.2 Å². The molecule has 0 amide bonds. The lowest BCUT2D eigenvalue weighted by Gasteiger charge is -2.16. The van der Waals surface area contributed by atoms with Crippen molar-refractivity contribution in [1.29, 1.82) is 0 Å². The van der Waals surface area contributed by atoms with Crippen LogP contribution in [0.25, 0.3) is 0 Å². The lowest BCUT2D eigenvalue weighted by Crippen LogP contribution is -2.23. The van der Waals surface area contributed by atoms with E-state index in [1.165, 1.54) is 6.92 Å². The van der Waals surface area contributed by atoms with Crippen LogP contribution in [0.3, 0.4) is 0 Å². The normalized spacial score (nSPS) is 17.8. The molecule has 0 aliphatic carbocycles. The number of fused-ring (bicyclic) bond motifs is 1. The van der Waals surface area contributed by atoms with E-state index in [1.54, 1.807) is 0 Å². The van der Waals surface area contributed by atoms with Crippen LogP contribution in [0.4, 0.5) is 5.82 Å². The molecular weight excluding hydrogens is 230 g/mol. The van der Waals surface area contributed by atoms with E-state index in [0.29, 0.717) is 17.7 Å². The van der Waals surface area contributed by atoms with E-state index in [0.717, 1.165) is 0 Å². The summed E-state index contributed by atoms with van der Waals surface area (Å²) in [5.74, 6) is -0.211. The van der Waals surface area contributed by atoms with Gasteiger partial charge in [0, 0.05) is 18.9 Å². The Balaban J connectivity index is 2.56. The molecule has 0 saturated carbocycles. The van der Waals surface area contributed by atoms with Gasteiger partial charge in [-0.25, -0.2) is 18.4 Å². The number of nitrogens with two attached hydrogens (primary N) is 1. The molecule has 6 nitrogen and oxygen atoms in total. The number of ketones is 1. The number of carbonyl (C=O) groups excluding carboxylic acids is 1. The van der Waals surface area contributed by atoms with Gasteiger partial charge in [0.25, 0.3) is 0 Å². The largest absolute Gasteiger partial charge is 0.383 e. The van der Waals surface area contributed by atoms with Crippen molar-refractivity contribution in [3.63, 3.8) is 0 Å². The minimum absolute atomic E-state index is 0.0494. The molecule has 0 aromatic carbocycles. The molecule has 7 heteroatoms. The summed E-state index contributed by atoms with van der Waals surface area (Å²) in [7, 11) is -3.10. The quantitative estimate of drug-likeness (QED) is 0.679. The summed E-state index contributed by atoms with van der Waals surface area (Å²) in [6.45, 7) is 1.35. The van der Waals surface area contributed by atoms with Crippen LogP contribution in [0.1, 0.15) is 28.8 Å². The summed E-state index contributed by atoms with van der Waals surface area (Å²) in [6.07, 6.45) is 0.296. The van der Waals surface area contributed by atoms with Crippen LogP contribution in [0.5, 0.6) is 0 Å². The molecule has 2 N–H and O–H groups in total. The highest BCUT2D eigenvalue weighted by Crippen LogP contribution is 2.23. The van der Waals surface area contributed by atoms with Gasteiger partial charge in [0.15, 0.2) is 21.4 Å². The fourth-order valence-corrected chi connectivity index (χ4v) is 3.02. The van der Waals surface area contributed by atoms with Crippen LogP contribution in [0.15, 0.2) is 0 Å². The van der Waals surface area contributed by atoms with E-state index < -0.39 is 9.84 Å². The maximum absolute atomic E-state index is 11.4. The molecule has 1 aliphatic heterocycles. The molecule has 0 spiro atoms. The third-order valence-electron chi connectivity index (χ3n) is 2.45. The van der Waals surface area contributed by atoms with Crippen LogP contribution < -0.4 is 5.73 Å². The molecule has 0 bridgehead atoms. The third-order valence-corrected chi connectivity index (χ3v) is 4.01. The average Bonchev–Trinajstić information content (AvgIpc) is 2.18. The van der Waals surface area contributed by atoms with Crippen LogP contribution in [-0.2, 0) is 22.0 Å². The Morgan fingerprint density at radius 3 is 2.69 bits per heavy atom. The van der Waals surface area contributed by atoms with Gasteiger partial charge in [0.05, 0.1) is 17.2 Å². The van der Waals surface area contributed by atoms with E-state index >= 15 is 0 Å². The van der Waals surface area contributed by atoms with Gasteiger partial charge < -0.3 is 5.73 Å². The summed E-state index contributed by atoms with van der Waals surface area (Å²) in [4.78, 5) is 19.0. The second-order valence-corrected chi connectivity index (χ2v) is 5.94. The number of aromatic nitrogens is 2. The highest BCUT2D eigenvalue weighted by molar-refractivity contribution is 7.90. The molecule has 2 heterocycles. The highest BCUT2D eigenvalue weighted by Gasteiger charge is 2.26. The molecule has 1 aromatic heterocycles. The SMILES string of the molecule is CC(=O)c1nc(N)c2c(n1)CCS(=O)(=O)C2. The monoisotopic (exact) mass is 241 g/mol. The van der Waals surface area contributed by atoms with Crippen molar-refractivity contribution >= 4 is 21.4 Å². The second-order valence-electron chi connectivity index (χ2n) is 3.76. The lowest BCUT2D eigenvalue weighted by atomic mass is 10.2. The van der Waals surface area contributed by atoms with Gasteiger partial charge in [-0.15, -0.1) is 0 Å². The number of rotatable bonds is 1. The summed E-state index contributed by atoms with van der Waals surface area (Å²) in [6, 6.07) is 0. The number of nitrogen functional groups attached to an aromatic ring is 1. The summed E-state index contributed by atoms with van der Waals surface area (Å²) in [5.41, 5.74) is 6.65. The molecule has 2 rings (SSSR count). The first kappa shape index (κ1) is 11.0. The number of Topliss-reactive ketones (excluding diaryl/α,β-unsaturated/α-hetero) is 1. The predicted octanol–water partition coefficient (Wildman–Crippen LogP) is -0.268. The number of aryl methyl sites for hydroxylation is 1. The number of hydrogen-bond acceptors (Lipinski definition) is 6. The van der Waals surface area contributed by atoms with Gasteiger partial charge in [-0.2, -0.15) is 0 Å². The highest BCUT2D eigenvalue weighted by atomic mass is 32.2. The molecule has 0 atom stereocenters. The standard InChI is InChI=1S/C9H11N3O3S/c1-5(13)9-11-7-2-3-16(14,15)4-6(7)8(10)12-9/h2-4H2,1H3,(H2,10,11,12). The zero-order chi connectivity index (χ0) is 11.9. The third kappa shape index (κ3) is 1.90. The number of anilines is 1. The van der Waals surface area contributed by atoms with Crippen LogP contribution in [-0.4, -0.2) is 29.9 Å². The van der Waals surface area contributed by atoms with E-state index in [4.69, 9.17) is 5.73 Å². The van der Waals surface area contributed by atoms with Crippen molar-refractivity contribution in [3.8, 4) is 0 Å². The maximum Gasteiger partial charge on any atom is 0.197 e. The molecular formula is C9H11N3O3S. The molecule has 1 aliphatic rings. The van der Waals surface area contributed by atoms with Gasteiger partial charge in [0.2, 0.25) is 0 Å². The minimum atomic E-state index is -3.10. The fraction of sp³-hybridized carbons (Fsp3) is 0.444. The van der Waals surface area contributed by atoms with Crippen molar-refractivity contribution in [2.75, 3.05) is 11.5 Å². The molecule has 0 saturated heterocycles. The van der Waals surface area contributed by atoms with Gasteiger partial charge in [-0.3, -0.25) is 4.79 Å². The van der Waals surface area contributed by atoms with Gasteiger partial charge in [-0.1, -0.05) is 0 Å². The zero-order valence-electron chi connectivity index (χ0n) is 8.73. The van der Waals surface area contributed by atoms with Gasteiger partial charge in [-0.05, 0) is 0 Å². The van der Waals surface area contributed by atoms with Crippen molar-refractivity contribution in [1.82, 2.24) is 9.97 Å². The molecule has 86 valence electrons. The van der Waals surface area contributed by atoms with Crippen LogP contribution in [0, 0.1) is 0 Å². The Kier molecular flexibility index (Phi) is 2.42. The van der Waals surface area contributed by atoms with E-state index in [2.05, 4.69) is 9.97 Å². The Bertz CT molecular complexity index is 566. The number of nitrogens with zero attached hydrogens (tertiary/aromatic N) is 2. The molecule has 0 fully saturated rings. The zero-order valence-corrected chi connectivity index (χ0v) is 9.54. The smallest absolute Gasteiger partial charge is 0.197 e. The van der Waals surface area contributed by atoms with E-state index in [9.17, 15) is 13.2 Å². The van der Waals surface area contributed by atoms with Crippen molar-refractivity contribution in [3.05, 3.63) is 17.1 Å². The maximum atomic E-state index is 11.4. The first-order valence-electron chi connectivity index (χ1n) is 4.76. The minimum Gasteiger partial charge on any atom is -0.383 e. The average molecular weight is 241 g/mol. The summed E-state index contributed by atoms with van der Waals surface area (Å²) in [5, 5.41) is 0. The van der Waals surface area contributed by atoms with Crippen LogP contribution >= 0.6 is 0 Å². The molecule has 0 radical (unpaired) electrons. The molecule has 0 unspecified atom stereocenters. The van der Waals surface area contributed by atoms with Crippen molar-refractivity contribution in [2.24, 2.45) is 0 Å². The Morgan fingerprint density at radius 1 is 1.38 bits per heavy atom. The first-order chi connectivity index (χ1) is 7.39. The predicted molar refractivity (Wildman–Crippen MR) is 57.6 cm³/mol. The summed E-state index contributed by atoms with van der Waals surface area (Å²) < 4.78 is 22.8. The Labute approximate surface area is 92.8 Å². The second kappa shape index (κ2) is 3.51. The van der Waals surface area contributed by atoms with E-state index in [-0.39, 0.29) is 28.9 Å². The number of hydrogen-bond donors (Lipinski definition) is 1. The topological polar surface area (TPSA) is 103 Å². The van der Waals surface area contributed by atoms with Crippen molar-refractivity contribution in [2.45, 2.75) is 19.1 Å². The number of carbonyl (C=O) groups is 1. The molecule has 16 heavy (non-hydrogen) atoms. The Hall–Kier alpha value is -1.50. The Morgan fingerprint density at radius 2 is 2.06 bits per heavy atom. The van der Waals surface area contributed by atoms with Gasteiger partial charge in [0.1, 0.15) is 5.82 Å². The first-order valence-corrected chi connectivity index (χ1v) is 6.58. The number of sulfone groups is 1. The fourth-order valence-electron chi connectivity index (χ4n) is 1.62.